The number of nitrogens with one attached hydrogen (secondary N) is 4. The molecule has 19 heavy (non-hydrogen) atoms. The molecule has 1 aromatic carbocycles. The number of anilines is 1. The Kier molecular flexibility index (Phi) is 6.31. The van der Waals surface area contributed by atoms with Crippen molar-refractivity contribution < 1.29 is 9.18 Å². The summed E-state index contributed by atoms with van der Waals surface area (Å²) in [4.78, 5) is 11.4. The smallest absolute Gasteiger partial charge is 0.257 e. The monoisotopic (exact) mass is 282 g/mol. The largest absolute Gasteiger partial charge is 0.376 e. The summed E-state index contributed by atoms with van der Waals surface area (Å²) in [5.41, 5.74) is 5.60. The first kappa shape index (κ1) is 14.9. The fourth-order valence-electron chi connectivity index (χ4n) is 1.13. The van der Waals surface area contributed by atoms with Gasteiger partial charge in [0.25, 0.3) is 5.91 Å². The maximum absolute atomic E-state index is 12.7. The van der Waals surface area contributed by atoms with Gasteiger partial charge in [-0.05, 0) is 36.5 Å². The van der Waals surface area contributed by atoms with Crippen molar-refractivity contribution in [2.75, 3.05) is 18.4 Å². The number of carbonyl (C=O) groups excluding carboxylic acids is 1. The molecule has 0 aliphatic rings. The van der Waals surface area contributed by atoms with Gasteiger partial charge in [0.2, 0.25) is 0 Å². The summed E-state index contributed by atoms with van der Waals surface area (Å²) in [5.74, 6) is -0.623. The minimum Gasteiger partial charge on any atom is -0.376 e. The van der Waals surface area contributed by atoms with Gasteiger partial charge in [-0.25, -0.2) is 4.39 Å². The predicted octanol–water partition coefficient (Wildman–Crippen LogP) is 0.919. The third-order valence-electron chi connectivity index (χ3n) is 2.02. The topological polar surface area (TPSA) is 65.2 Å². The van der Waals surface area contributed by atoms with E-state index in [-0.39, 0.29) is 18.3 Å². The van der Waals surface area contributed by atoms with Gasteiger partial charge in [-0.3, -0.25) is 15.6 Å². The van der Waals surface area contributed by atoms with Crippen LogP contribution in [0.5, 0.6) is 0 Å². The quantitative estimate of drug-likeness (QED) is 0.367. The minimum absolute atomic E-state index is 0.0443. The predicted molar refractivity (Wildman–Crippen MR) is 77.0 cm³/mol. The molecule has 5 nitrogen and oxygen atoms in total. The molecule has 0 unspecified atom stereocenters. The Balaban J connectivity index is 2.22. The summed E-state index contributed by atoms with van der Waals surface area (Å²) < 4.78 is 12.7. The van der Waals surface area contributed by atoms with Crippen molar-refractivity contribution in [3.05, 3.63) is 42.7 Å². The molecule has 0 fully saturated rings. The molecule has 0 heterocycles. The molecule has 0 atom stereocenters. The van der Waals surface area contributed by atoms with Crippen LogP contribution >= 0.6 is 12.2 Å². The number of thiocarbonyl (C=S) groups is 1. The molecule has 102 valence electrons. The van der Waals surface area contributed by atoms with Crippen LogP contribution < -0.4 is 21.5 Å². The van der Waals surface area contributed by atoms with Crippen molar-refractivity contribution in [1.29, 1.82) is 0 Å². The van der Waals surface area contributed by atoms with Gasteiger partial charge < -0.3 is 10.6 Å². The first-order valence-corrected chi connectivity index (χ1v) is 5.95. The van der Waals surface area contributed by atoms with E-state index in [0.29, 0.717) is 17.3 Å². The van der Waals surface area contributed by atoms with E-state index in [1.807, 2.05) is 0 Å². The Morgan fingerprint density at radius 3 is 2.63 bits per heavy atom. The lowest BCUT2D eigenvalue weighted by atomic mass is 10.3. The van der Waals surface area contributed by atoms with E-state index in [2.05, 4.69) is 28.1 Å². The highest BCUT2D eigenvalue weighted by Gasteiger charge is 2.01. The Bertz CT molecular complexity index is 450. The number of hydrogen-bond acceptors (Lipinski definition) is 3. The van der Waals surface area contributed by atoms with Crippen molar-refractivity contribution in [3.63, 3.8) is 0 Å². The molecule has 0 bridgehead atoms. The number of rotatable bonds is 5. The third kappa shape index (κ3) is 6.37. The van der Waals surface area contributed by atoms with Crippen LogP contribution in [0.15, 0.2) is 36.9 Å². The van der Waals surface area contributed by atoms with E-state index in [4.69, 9.17) is 12.2 Å². The second kappa shape index (κ2) is 8.04. The number of benzene rings is 1. The molecule has 1 rings (SSSR count). The van der Waals surface area contributed by atoms with Gasteiger partial charge in [-0.2, -0.15) is 0 Å². The second-order valence-corrected chi connectivity index (χ2v) is 3.94. The molecule has 4 N–H and O–H groups in total. The Morgan fingerprint density at radius 2 is 2.00 bits per heavy atom. The Morgan fingerprint density at radius 1 is 1.32 bits per heavy atom. The van der Waals surface area contributed by atoms with Crippen LogP contribution in [0.2, 0.25) is 0 Å². The van der Waals surface area contributed by atoms with Gasteiger partial charge in [0, 0.05) is 12.2 Å². The van der Waals surface area contributed by atoms with Crippen molar-refractivity contribution in [2.24, 2.45) is 0 Å². The molecule has 0 aromatic heterocycles. The van der Waals surface area contributed by atoms with Gasteiger partial charge in [0.15, 0.2) is 5.11 Å². The number of hydrazine groups is 1. The van der Waals surface area contributed by atoms with Gasteiger partial charge >= 0.3 is 0 Å². The van der Waals surface area contributed by atoms with E-state index in [1.54, 1.807) is 18.2 Å². The summed E-state index contributed by atoms with van der Waals surface area (Å²) >= 11 is 4.88. The van der Waals surface area contributed by atoms with E-state index in [1.165, 1.54) is 12.1 Å². The number of carbonyl (C=O) groups is 1. The van der Waals surface area contributed by atoms with Crippen molar-refractivity contribution in [2.45, 2.75) is 0 Å². The number of halogens is 1. The van der Waals surface area contributed by atoms with Gasteiger partial charge in [0.05, 0.1) is 6.54 Å². The maximum Gasteiger partial charge on any atom is 0.257 e. The Hall–Kier alpha value is -2.15. The molecule has 0 saturated heterocycles. The van der Waals surface area contributed by atoms with E-state index < -0.39 is 0 Å². The van der Waals surface area contributed by atoms with Crippen molar-refractivity contribution in [1.82, 2.24) is 16.2 Å². The summed E-state index contributed by atoms with van der Waals surface area (Å²) in [5, 5.41) is 5.93. The zero-order valence-electron chi connectivity index (χ0n) is 10.2. The number of hydrogen-bond donors (Lipinski definition) is 4. The van der Waals surface area contributed by atoms with Crippen LogP contribution in [0.3, 0.4) is 0 Å². The molecule has 0 aliphatic carbocycles. The molecule has 0 saturated carbocycles. The zero-order chi connectivity index (χ0) is 14.1. The summed E-state index contributed by atoms with van der Waals surface area (Å²) in [6.07, 6.45) is 1.64. The summed E-state index contributed by atoms with van der Waals surface area (Å²) in [6, 6.07) is 5.72. The van der Waals surface area contributed by atoms with Crippen LogP contribution in [0, 0.1) is 5.82 Å². The van der Waals surface area contributed by atoms with Gasteiger partial charge in [-0.1, -0.05) is 6.08 Å². The standard InChI is InChI=1S/C12H15FN4OS/c1-2-7-14-12(19)17-16-11(18)8-15-10-5-3-9(13)4-6-10/h2-6,15H,1,7-8H2,(H,16,18)(H2,14,17,19). The molecule has 0 aliphatic heterocycles. The highest BCUT2D eigenvalue weighted by atomic mass is 32.1. The second-order valence-electron chi connectivity index (χ2n) is 3.53. The lowest BCUT2D eigenvalue weighted by molar-refractivity contribution is -0.119. The van der Waals surface area contributed by atoms with Crippen LogP contribution in [-0.4, -0.2) is 24.1 Å². The highest BCUT2D eigenvalue weighted by Crippen LogP contribution is 2.07. The molecular weight excluding hydrogens is 267 g/mol. The lowest BCUT2D eigenvalue weighted by Crippen LogP contribution is -2.48. The molecule has 1 aromatic rings. The average molecular weight is 282 g/mol. The van der Waals surface area contributed by atoms with Crippen molar-refractivity contribution >= 4 is 28.9 Å². The number of amides is 1. The Labute approximate surface area is 116 Å². The minimum atomic E-state index is -0.324. The molecule has 0 radical (unpaired) electrons. The fourth-order valence-corrected chi connectivity index (χ4v) is 1.26. The van der Waals surface area contributed by atoms with Gasteiger partial charge in [-0.15, -0.1) is 6.58 Å². The SMILES string of the molecule is C=CCNC(=S)NNC(=O)CNc1ccc(F)cc1. The summed E-state index contributed by atoms with van der Waals surface area (Å²) in [6.45, 7) is 4.08. The zero-order valence-corrected chi connectivity index (χ0v) is 11.0. The molecular formula is C12H15FN4OS. The van der Waals surface area contributed by atoms with Crippen LogP contribution in [0.4, 0.5) is 10.1 Å². The molecule has 7 heteroatoms. The van der Waals surface area contributed by atoms with Gasteiger partial charge in [0.1, 0.15) is 5.82 Å². The van der Waals surface area contributed by atoms with E-state index in [9.17, 15) is 9.18 Å². The third-order valence-corrected chi connectivity index (χ3v) is 2.27. The van der Waals surface area contributed by atoms with Crippen LogP contribution in [0.25, 0.3) is 0 Å². The van der Waals surface area contributed by atoms with E-state index >= 15 is 0 Å². The lowest BCUT2D eigenvalue weighted by Gasteiger charge is -2.11. The first-order chi connectivity index (χ1) is 9.11. The molecule has 0 spiro atoms. The summed E-state index contributed by atoms with van der Waals surface area (Å²) in [7, 11) is 0. The average Bonchev–Trinajstić information content (AvgIpc) is 2.42. The van der Waals surface area contributed by atoms with Crippen LogP contribution in [0.1, 0.15) is 0 Å². The van der Waals surface area contributed by atoms with Crippen LogP contribution in [-0.2, 0) is 4.79 Å². The molecule has 1 amide bonds. The van der Waals surface area contributed by atoms with E-state index in [0.717, 1.165) is 0 Å². The maximum atomic E-state index is 12.7. The normalized spacial score (nSPS) is 9.32. The fraction of sp³-hybridized carbons (Fsp3) is 0.167. The first-order valence-electron chi connectivity index (χ1n) is 5.55. The highest BCUT2D eigenvalue weighted by molar-refractivity contribution is 7.80. The van der Waals surface area contributed by atoms with Crippen molar-refractivity contribution in [3.8, 4) is 0 Å².